The first-order valence-corrected chi connectivity index (χ1v) is 5.32. The normalized spacial score (nSPS) is 24.4. The fourth-order valence-corrected chi connectivity index (χ4v) is 2.17. The Balaban J connectivity index is 2.17. The number of nitriles is 1. The summed E-state index contributed by atoms with van der Waals surface area (Å²) in [5.74, 6) is 1.68. The van der Waals surface area contributed by atoms with Crippen LogP contribution >= 0.6 is 0 Å². The lowest BCUT2D eigenvalue weighted by molar-refractivity contribution is 0.308. The van der Waals surface area contributed by atoms with Crippen LogP contribution in [-0.2, 0) is 7.05 Å². The monoisotopic (exact) mass is 204 g/mol. The SMILES string of the molecule is Cc1nn(C)c(NC2CC(C)C2)c1C#N. The molecule has 0 bridgehead atoms. The van der Waals surface area contributed by atoms with Crippen molar-refractivity contribution in [1.82, 2.24) is 9.78 Å². The highest BCUT2D eigenvalue weighted by Crippen LogP contribution is 2.30. The molecule has 0 aromatic carbocycles. The van der Waals surface area contributed by atoms with Gasteiger partial charge in [-0.2, -0.15) is 10.4 Å². The molecule has 0 saturated heterocycles. The van der Waals surface area contributed by atoms with Crippen molar-refractivity contribution in [3.8, 4) is 6.07 Å². The second-order valence-electron chi connectivity index (χ2n) is 4.46. The zero-order valence-electron chi connectivity index (χ0n) is 9.41. The molecule has 0 radical (unpaired) electrons. The van der Waals surface area contributed by atoms with Crippen molar-refractivity contribution in [2.75, 3.05) is 5.32 Å². The molecule has 2 rings (SSSR count). The summed E-state index contributed by atoms with van der Waals surface area (Å²) in [6, 6.07) is 2.72. The molecule has 1 aliphatic carbocycles. The molecule has 0 atom stereocenters. The van der Waals surface area contributed by atoms with E-state index in [1.165, 1.54) is 12.8 Å². The van der Waals surface area contributed by atoms with Crippen LogP contribution in [0.4, 0.5) is 5.82 Å². The van der Waals surface area contributed by atoms with E-state index in [0.717, 1.165) is 17.4 Å². The highest BCUT2D eigenvalue weighted by molar-refractivity contribution is 5.55. The number of rotatable bonds is 2. The molecular formula is C11H16N4. The van der Waals surface area contributed by atoms with Gasteiger partial charge in [0.05, 0.1) is 5.69 Å². The molecule has 15 heavy (non-hydrogen) atoms. The van der Waals surface area contributed by atoms with Crippen LogP contribution in [0, 0.1) is 24.2 Å². The van der Waals surface area contributed by atoms with Crippen LogP contribution in [-0.4, -0.2) is 15.8 Å². The second kappa shape index (κ2) is 3.58. The fourth-order valence-electron chi connectivity index (χ4n) is 2.17. The summed E-state index contributed by atoms with van der Waals surface area (Å²) in [5.41, 5.74) is 1.48. The van der Waals surface area contributed by atoms with Crippen molar-refractivity contribution < 1.29 is 0 Å². The predicted octanol–water partition coefficient (Wildman–Crippen LogP) is 1.81. The van der Waals surface area contributed by atoms with Gasteiger partial charge in [-0.15, -0.1) is 0 Å². The number of hydrogen-bond acceptors (Lipinski definition) is 3. The van der Waals surface area contributed by atoms with Crippen molar-refractivity contribution in [2.45, 2.75) is 32.7 Å². The molecule has 1 saturated carbocycles. The minimum atomic E-state index is 0.516. The average Bonchev–Trinajstić information content (AvgIpc) is 2.39. The molecule has 1 aromatic heterocycles. The van der Waals surface area contributed by atoms with Crippen LogP contribution in [0.1, 0.15) is 31.0 Å². The lowest BCUT2D eigenvalue weighted by Gasteiger charge is -2.33. The van der Waals surface area contributed by atoms with E-state index in [0.29, 0.717) is 11.6 Å². The van der Waals surface area contributed by atoms with E-state index in [4.69, 9.17) is 5.26 Å². The zero-order chi connectivity index (χ0) is 11.0. The summed E-state index contributed by atoms with van der Waals surface area (Å²) in [5, 5.41) is 16.7. The molecule has 80 valence electrons. The molecule has 4 heteroatoms. The number of hydrogen-bond donors (Lipinski definition) is 1. The predicted molar refractivity (Wildman–Crippen MR) is 58.5 cm³/mol. The Kier molecular flexibility index (Phi) is 2.39. The first-order chi connectivity index (χ1) is 7.11. The molecule has 0 amide bonds. The van der Waals surface area contributed by atoms with Gasteiger partial charge >= 0.3 is 0 Å². The van der Waals surface area contributed by atoms with Crippen LogP contribution in [0.2, 0.25) is 0 Å². The first-order valence-electron chi connectivity index (χ1n) is 5.32. The summed E-state index contributed by atoms with van der Waals surface area (Å²) in [7, 11) is 1.87. The highest BCUT2D eigenvalue weighted by Gasteiger charge is 2.27. The third kappa shape index (κ3) is 1.70. The third-order valence-electron chi connectivity index (χ3n) is 3.05. The van der Waals surface area contributed by atoms with Gasteiger partial charge in [0, 0.05) is 13.1 Å². The maximum Gasteiger partial charge on any atom is 0.142 e. The molecule has 1 aliphatic rings. The quantitative estimate of drug-likeness (QED) is 0.799. The van der Waals surface area contributed by atoms with Crippen LogP contribution in [0.3, 0.4) is 0 Å². The summed E-state index contributed by atoms with van der Waals surface area (Å²) in [6.45, 7) is 4.12. The van der Waals surface area contributed by atoms with Gasteiger partial charge < -0.3 is 5.32 Å². The molecule has 1 N–H and O–H groups in total. The van der Waals surface area contributed by atoms with Crippen molar-refractivity contribution in [2.24, 2.45) is 13.0 Å². The molecule has 4 nitrogen and oxygen atoms in total. The summed E-state index contributed by atoms with van der Waals surface area (Å²) in [4.78, 5) is 0. The van der Waals surface area contributed by atoms with Gasteiger partial charge in [0.25, 0.3) is 0 Å². The minimum Gasteiger partial charge on any atom is -0.366 e. The Labute approximate surface area is 89.9 Å². The molecule has 1 aromatic rings. The van der Waals surface area contributed by atoms with E-state index in [-0.39, 0.29) is 0 Å². The van der Waals surface area contributed by atoms with Gasteiger partial charge in [-0.3, -0.25) is 4.68 Å². The number of aromatic nitrogens is 2. The average molecular weight is 204 g/mol. The standard InChI is InChI=1S/C11H16N4/c1-7-4-9(5-7)13-11-10(6-12)8(2)14-15(11)3/h7,9,13H,4-5H2,1-3H3. The number of nitrogens with zero attached hydrogens (tertiary/aromatic N) is 3. The minimum absolute atomic E-state index is 0.516. The molecule has 1 fully saturated rings. The maximum absolute atomic E-state index is 9.02. The van der Waals surface area contributed by atoms with E-state index in [2.05, 4.69) is 23.4 Å². The Hall–Kier alpha value is -1.50. The second-order valence-corrected chi connectivity index (χ2v) is 4.46. The van der Waals surface area contributed by atoms with Crippen LogP contribution in [0.15, 0.2) is 0 Å². The van der Waals surface area contributed by atoms with E-state index in [1.54, 1.807) is 4.68 Å². The number of aryl methyl sites for hydroxylation is 2. The van der Waals surface area contributed by atoms with Crippen molar-refractivity contribution in [1.29, 1.82) is 5.26 Å². The molecule has 0 aliphatic heterocycles. The van der Waals surface area contributed by atoms with Crippen LogP contribution < -0.4 is 5.32 Å². The van der Waals surface area contributed by atoms with Gasteiger partial charge in [-0.25, -0.2) is 0 Å². The van der Waals surface area contributed by atoms with Gasteiger partial charge in [-0.05, 0) is 25.7 Å². The van der Waals surface area contributed by atoms with Crippen LogP contribution in [0.5, 0.6) is 0 Å². The van der Waals surface area contributed by atoms with Gasteiger partial charge in [0.15, 0.2) is 0 Å². The molecule has 0 unspecified atom stereocenters. The molecular weight excluding hydrogens is 188 g/mol. The fraction of sp³-hybridized carbons (Fsp3) is 0.636. The molecule has 1 heterocycles. The first kappa shape index (κ1) is 10.0. The van der Waals surface area contributed by atoms with Crippen LogP contribution in [0.25, 0.3) is 0 Å². The lowest BCUT2D eigenvalue weighted by Crippen LogP contribution is -2.34. The summed E-state index contributed by atoms with van der Waals surface area (Å²) in [6.07, 6.45) is 2.38. The molecule has 0 spiro atoms. The van der Waals surface area contributed by atoms with E-state index in [9.17, 15) is 0 Å². The van der Waals surface area contributed by atoms with E-state index < -0.39 is 0 Å². The maximum atomic E-state index is 9.02. The Morgan fingerprint density at radius 3 is 2.73 bits per heavy atom. The van der Waals surface area contributed by atoms with E-state index >= 15 is 0 Å². The van der Waals surface area contributed by atoms with Crippen molar-refractivity contribution in [3.63, 3.8) is 0 Å². The largest absolute Gasteiger partial charge is 0.366 e. The van der Waals surface area contributed by atoms with Gasteiger partial charge in [-0.1, -0.05) is 6.92 Å². The topological polar surface area (TPSA) is 53.6 Å². The smallest absolute Gasteiger partial charge is 0.142 e. The van der Waals surface area contributed by atoms with Crippen molar-refractivity contribution >= 4 is 5.82 Å². The third-order valence-corrected chi connectivity index (χ3v) is 3.05. The zero-order valence-corrected chi connectivity index (χ0v) is 9.41. The Morgan fingerprint density at radius 1 is 1.53 bits per heavy atom. The number of anilines is 1. The van der Waals surface area contributed by atoms with E-state index in [1.807, 2.05) is 14.0 Å². The number of nitrogens with one attached hydrogen (secondary N) is 1. The van der Waals surface area contributed by atoms with Crippen molar-refractivity contribution in [3.05, 3.63) is 11.3 Å². The summed E-state index contributed by atoms with van der Waals surface area (Å²) < 4.78 is 1.76. The Morgan fingerprint density at radius 2 is 2.20 bits per heavy atom. The van der Waals surface area contributed by atoms with Gasteiger partial charge in [0.1, 0.15) is 17.5 Å². The highest BCUT2D eigenvalue weighted by atomic mass is 15.3. The Bertz CT molecular complexity index is 407. The lowest BCUT2D eigenvalue weighted by atomic mass is 9.82. The summed E-state index contributed by atoms with van der Waals surface area (Å²) >= 11 is 0. The van der Waals surface area contributed by atoms with Gasteiger partial charge in [0.2, 0.25) is 0 Å².